The molecule has 1 aromatic rings. The zero-order chi connectivity index (χ0) is 14.8. The lowest BCUT2D eigenvalue weighted by molar-refractivity contribution is -0.126. The molecule has 0 spiro atoms. The van der Waals surface area contributed by atoms with Crippen molar-refractivity contribution in [2.75, 3.05) is 13.1 Å². The van der Waals surface area contributed by atoms with Crippen molar-refractivity contribution in [2.24, 2.45) is 0 Å². The van der Waals surface area contributed by atoms with E-state index >= 15 is 0 Å². The summed E-state index contributed by atoms with van der Waals surface area (Å²) >= 11 is 1.69. The average molecular weight is 304 g/mol. The van der Waals surface area contributed by atoms with Crippen LogP contribution in [0.3, 0.4) is 0 Å². The van der Waals surface area contributed by atoms with Crippen LogP contribution in [0, 0.1) is 0 Å². The molecule has 1 aromatic carbocycles. The fourth-order valence-corrected chi connectivity index (χ4v) is 4.47. The van der Waals surface area contributed by atoms with Crippen LogP contribution in [0.1, 0.15) is 36.1 Å². The number of fused-ring (bicyclic) bond motifs is 1. The lowest BCUT2D eigenvalue weighted by Crippen LogP contribution is -2.39. The summed E-state index contributed by atoms with van der Waals surface area (Å²) in [7, 11) is 0. The Hall–Kier alpha value is -1.49. The van der Waals surface area contributed by atoms with E-state index in [1.807, 2.05) is 6.92 Å². The fraction of sp³-hybridized carbons (Fsp3) is 0.500. The first kappa shape index (κ1) is 14.4. The molecule has 1 saturated heterocycles. The molecule has 1 heterocycles. The van der Waals surface area contributed by atoms with Crippen molar-refractivity contribution in [1.29, 1.82) is 0 Å². The fourth-order valence-electron chi connectivity index (χ4n) is 3.06. The highest BCUT2D eigenvalue weighted by atomic mass is 32.2. The van der Waals surface area contributed by atoms with E-state index in [0.717, 1.165) is 12.8 Å². The molecule has 0 bridgehead atoms. The summed E-state index contributed by atoms with van der Waals surface area (Å²) in [5.41, 5.74) is 2.76. The smallest absolute Gasteiger partial charge is 0.324 e. The van der Waals surface area contributed by atoms with E-state index in [2.05, 4.69) is 29.6 Å². The van der Waals surface area contributed by atoms with Gasteiger partial charge in [-0.25, -0.2) is 4.79 Å². The van der Waals surface area contributed by atoms with Gasteiger partial charge in [0.25, 0.3) is 0 Å². The highest BCUT2D eigenvalue weighted by Gasteiger charge is 2.32. The van der Waals surface area contributed by atoms with Crippen LogP contribution in [0.25, 0.3) is 0 Å². The van der Waals surface area contributed by atoms with Crippen LogP contribution in [0.4, 0.5) is 4.79 Å². The predicted molar refractivity (Wildman–Crippen MR) is 84.3 cm³/mol. The van der Waals surface area contributed by atoms with Crippen LogP contribution in [-0.4, -0.2) is 35.2 Å². The number of amides is 3. The number of benzene rings is 1. The first-order valence-corrected chi connectivity index (χ1v) is 8.43. The zero-order valence-corrected chi connectivity index (χ0v) is 13.0. The molecule has 2 aliphatic rings. The molecular formula is C16H20N2O2S. The van der Waals surface area contributed by atoms with E-state index in [4.69, 9.17) is 0 Å². The van der Waals surface area contributed by atoms with E-state index in [9.17, 15) is 9.59 Å². The molecule has 0 saturated carbocycles. The van der Waals surface area contributed by atoms with Gasteiger partial charge < -0.3 is 5.32 Å². The molecule has 1 aliphatic heterocycles. The van der Waals surface area contributed by atoms with E-state index in [1.165, 1.54) is 22.4 Å². The van der Waals surface area contributed by atoms with Gasteiger partial charge in [0.1, 0.15) is 0 Å². The van der Waals surface area contributed by atoms with Crippen LogP contribution in [0.2, 0.25) is 0 Å². The predicted octanol–water partition coefficient (Wildman–Crippen LogP) is 2.74. The molecule has 0 aromatic heterocycles. The largest absolute Gasteiger partial charge is 0.336 e. The molecular weight excluding hydrogens is 284 g/mol. The van der Waals surface area contributed by atoms with Gasteiger partial charge in [0, 0.05) is 18.3 Å². The summed E-state index contributed by atoms with van der Waals surface area (Å²) in [5, 5.41) is 2.85. The molecule has 1 N–H and O–H groups in total. The third-order valence-corrected chi connectivity index (χ3v) is 5.58. The second kappa shape index (κ2) is 6.10. The minimum Gasteiger partial charge on any atom is -0.336 e. The second-order valence-electron chi connectivity index (χ2n) is 5.58. The third kappa shape index (κ3) is 2.93. The minimum absolute atomic E-state index is 0.0712. The average Bonchev–Trinajstić information content (AvgIpc) is 2.93. The molecule has 4 nitrogen and oxygen atoms in total. The number of hydrogen-bond donors (Lipinski definition) is 1. The van der Waals surface area contributed by atoms with Gasteiger partial charge in [-0.2, -0.15) is 0 Å². The van der Waals surface area contributed by atoms with Gasteiger partial charge in [0.15, 0.2) is 0 Å². The molecule has 3 amide bonds. The Bertz CT molecular complexity index is 561. The standard InChI is InChI=1S/C16H20N2O2S/c1-11(15(19)18-10-9-17-16(18)20)21-14-8-4-6-12-5-2-3-7-13(12)14/h2-3,5,7,11,14H,4,6,8-10H2,1H3,(H,17,20)/t11-,14-/m0/s1. The maximum absolute atomic E-state index is 12.4. The van der Waals surface area contributed by atoms with Crippen molar-refractivity contribution in [1.82, 2.24) is 10.2 Å². The number of imide groups is 1. The molecule has 112 valence electrons. The Morgan fingerprint density at radius 2 is 2.24 bits per heavy atom. The Balaban J connectivity index is 1.69. The topological polar surface area (TPSA) is 49.4 Å². The molecule has 2 atom stereocenters. The zero-order valence-electron chi connectivity index (χ0n) is 12.2. The van der Waals surface area contributed by atoms with E-state index in [0.29, 0.717) is 18.3 Å². The Morgan fingerprint density at radius 3 is 3.00 bits per heavy atom. The normalized spacial score (nSPS) is 22.6. The van der Waals surface area contributed by atoms with Crippen molar-refractivity contribution in [3.8, 4) is 0 Å². The molecule has 1 aliphatic carbocycles. The van der Waals surface area contributed by atoms with Gasteiger partial charge in [-0.3, -0.25) is 9.69 Å². The number of urea groups is 1. The quantitative estimate of drug-likeness (QED) is 0.934. The maximum atomic E-state index is 12.4. The Morgan fingerprint density at radius 1 is 1.43 bits per heavy atom. The first-order chi connectivity index (χ1) is 10.2. The van der Waals surface area contributed by atoms with Gasteiger partial charge >= 0.3 is 6.03 Å². The van der Waals surface area contributed by atoms with Crippen molar-refractivity contribution in [3.63, 3.8) is 0 Å². The molecule has 21 heavy (non-hydrogen) atoms. The SMILES string of the molecule is C[C@H](S[C@H]1CCCc2ccccc21)C(=O)N1CCNC1=O. The van der Waals surface area contributed by atoms with E-state index in [1.54, 1.807) is 11.8 Å². The van der Waals surface area contributed by atoms with Gasteiger partial charge in [-0.1, -0.05) is 24.3 Å². The highest BCUT2D eigenvalue weighted by Crippen LogP contribution is 2.41. The van der Waals surface area contributed by atoms with Crippen molar-refractivity contribution < 1.29 is 9.59 Å². The maximum Gasteiger partial charge on any atom is 0.324 e. The van der Waals surface area contributed by atoms with Gasteiger partial charge in [0.2, 0.25) is 5.91 Å². The minimum atomic E-state index is -0.253. The summed E-state index contributed by atoms with van der Waals surface area (Å²) in [4.78, 5) is 25.3. The number of aryl methyl sites for hydroxylation is 1. The molecule has 0 radical (unpaired) electrons. The molecule has 5 heteroatoms. The highest BCUT2D eigenvalue weighted by molar-refractivity contribution is 8.00. The summed E-state index contributed by atoms with van der Waals surface area (Å²) in [6.07, 6.45) is 3.40. The third-order valence-electron chi connectivity index (χ3n) is 4.15. The number of carbonyl (C=O) groups is 2. The Kier molecular flexibility index (Phi) is 4.19. The Labute approximate surface area is 129 Å². The second-order valence-corrected chi connectivity index (χ2v) is 7.13. The van der Waals surface area contributed by atoms with Crippen LogP contribution in [-0.2, 0) is 11.2 Å². The first-order valence-electron chi connectivity index (χ1n) is 7.49. The lowest BCUT2D eigenvalue weighted by atomic mass is 9.91. The van der Waals surface area contributed by atoms with Crippen molar-refractivity contribution in [2.45, 2.75) is 36.7 Å². The number of nitrogens with one attached hydrogen (secondary N) is 1. The monoisotopic (exact) mass is 304 g/mol. The molecule has 0 unspecified atom stereocenters. The summed E-state index contributed by atoms with van der Waals surface area (Å²) in [6, 6.07) is 8.25. The van der Waals surface area contributed by atoms with Crippen LogP contribution in [0.15, 0.2) is 24.3 Å². The van der Waals surface area contributed by atoms with Crippen LogP contribution < -0.4 is 5.32 Å². The van der Waals surface area contributed by atoms with Gasteiger partial charge in [-0.05, 0) is 37.3 Å². The molecule has 1 fully saturated rings. The summed E-state index contributed by atoms with van der Waals surface area (Å²) < 4.78 is 0. The van der Waals surface area contributed by atoms with Gasteiger partial charge in [0.05, 0.1) is 5.25 Å². The molecule has 3 rings (SSSR count). The van der Waals surface area contributed by atoms with E-state index < -0.39 is 0 Å². The van der Waals surface area contributed by atoms with Gasteiger partial charge in [-0.15, -0.1) is 11.8 Å². The summed E-state index contributed by atoms with van der Waals surface area (Å²) in [6.45, 7) is 2.97. The summed E-state index contributed by atoms with van der Waals surface area (Å²) in [5.74, 6) is -0.0712. The van der Waals surface area contributed by atoms with Crippen molar-refractivity contribution in [3.05, 3.63) is 35.4 Å². The van der Waals surface area contributed by atoms with Crippen LogP contribution >= 0.6 is 11.8 Å². The number of rotatable bonds is 3. The number of thioether (sulfide) groups is 1. The number of hydrogen-bond acceptors (Lipinski definition) is 3. The van der Waals surface area contributed by atoms with E-state index in [-0.39, 0.29) is 17.2 Å². The number of carbonyl (C=O) groups excluding carboxylic acids is 2. The van der Waals surface area contributed by atoms with Crippen LogP contribution in [0.5, 0.6) is 0 Å². The number of nitrogens with zero attached hydrogens (tertiary/aromatic N) is 1. The lowest BCUT2D eigenvalue weighted by Gasteiger charge is -2.28. The van der Waals surface area contributed by atoms with Crippen molar-refractivity contribution >= 4 is 23.7 Å².